The second kappa shape index (κ2) is 7.36. The highest BCUT2D eigenvalue weighted by Gasteiger charge is 2.04. The van der Waals surface area contributed by atoms with Crippen LogP contribution in [0.1, 0.15) is 24.5 Å². The van der Waals surface area contributed by atoms with E-state index in [4.69, 9.17) is 0 Å². The lowest BCUT2D eigenvalue weighted by Crippen LogP contribution is -2.05. The minimum atomic E-state index is -0.388. The molecular weight excluding hydrogens is 280 g/mol. The summed E-state index contributed by atoms with van der Waals surface area (Å²) in [7, 11) is 0. The van der Waals surface area contributed by atoms with E-state index in [0.717, 1.165) is 30.5 Å². The van der Waals surface area contributed by atoms with E-state index < -0.39 is 0 Å². The van der Waals surface area contributed by atoms with E-state index in [1.54, 1.807) is 12.1 Å². The topological polar surface area (TPSA) is 72.2 Å². The van der Waals surface area contributed by atoms with Gasteiger partial charge in [0.2, 0.25) is 5.91 Å². The van der Waals surface area contributed by atoms with Crippen LogP contribution in [0.5, 0.6) is 0 Å². The number of non-ortho nitro benzene ring substituents is 1. The summed E-state index contributed by atoms with van der Waals surface area (Å²) in [5.41, 5.74) is 3.22. The third-order valence-corrected chi connectivity index (χ3v) is 3.35. The Kier molecular flexibility index (Phi) is 5.25. The molecule has 0 aliphatic carbocycles. The molecule has 1 amide bonds. The van der Waals surface area contributed by atoms with E-state index in [1.165, 1.54) is 24.6 Å². The molecule has 5 heteroatoms. The van der Waals surface area contributed by atoms with Gasteiger partial charge in [-0.1, -0.05) is 24.3 Å². The first kappa shape index (κ1) is 15.7. The van der Waals surface area contributed by atoms with Crippen LogP contribution in [0.3, 0.4) is 0 Å². The minimum absolute atomic E-state index is 0.0779. The van der Waals surface area contributed by atoms with Crippen LogP contribution in [0, 0.1) is 10.1 Å². The summed E-state index contributed by atoms with van der Waals surface area (Å²) in [6.07, 6.45) is 2.78. The summed E-state index contributed by atoms with van der Waals surface area (Å²) in [6, 6.07) is 14.5. The van der Waals surface area contributed by atoms with Gasteiger partial charge in [-0.15, -0.1) is 0 Å². The number of nitrogens with zero attached hydrogens (tertiary/aromatic N) is 1. The maximum Gasteiger partial charge on any atom is 0.269 e. The van der Waals surface area contributed by atoms with Crippen LogP contribution in [0.4, 0.5) is 11.4 Å². The first-order valence-electron chi connectivity index (χ1n) is 7.14. The number of carbonyl (C=O) groups excluding carboxylic acids is 1. The van der Waals surface area contributed by atoms with Crippen LogP contribution < -0.4 is 5.32 Å². The average molecular weight is 298 g/mol. The number of anilines is 1. The van der Waals surface area contributed by atoms with Gasteiger partial charge in [0.1, 0.15) is 0 Å². The molecule has 0 unspecified atom stereocenters. The Balaban J connectivity index is 1.83. The Bertz CT molecular complexity index is 649. The molecule has 0 radical (unpaired) electrons. The maximum absolute atomic E-state index is 10.9. The Morgan fingerprint density at radius 1 is 1.00 bits per heavy atom. The summed E-state index contributed by atoms with van der Waals surface area (Å²) in [6.45, 7) is 1.48. The van der Waals surface area contributed by atoms with Gasteiger partial charge in [-0.3, -0.25) is 14.9 Å². The summed E-state index contributed by atoms with van der Waals surface area (Å²) in [5, 5.41) is 13.3. The van der Waals surface area contributed by atoms with Crippen molar-refractivity contribution in [3.05, 3.63) is 69.8 Å². The van der Waals surface area contributed by atoms with Crippen molar-refractivity contribution in [3.8, 4) is 0 Å². The van der Waals surface area contributed by atoms with E-state index in [9.17, 15) is 14.9 Å². The fourth-order valence-corrected chi connectivity index (χ4v) is 2.24. The number of hydrogen-bond acceptors (Lipinski definition) is 3. The van der Waals surface area contributed by atoms with Crippen molar-refractivity contribution in [1.82, 2.24) is 0 Å². The summed E-state index contributed by atoms with van der Waals surface area (Å²) >= 11 is 0. The van der Waals surface area contributed by atoms with Gasteiger partial charge in [0, 0.05) is 24.7 Å². The van der Waals surface area contributed by atoms with E-state index in [1.807, 2.05) is 24.3 Å². The molecule has 2 rings (SSSR count). The van der Waals surface area contributed by atoms with Crippen molar-refractivity contribution >= 4 is 17.3 Å². The molecule has 0 fully saturated rings. The van der Waals surface area contributed by atoms with Crippen molar-refractivity contribution in [1.29, 1.82) is 0 Å². The number of nitrogens with one attached hydrogen (secondary N) is 1. The predicted molar refractivity (Wildman–Crippen MR) is 85.9 cm³/mol. The molecule has 2 aromatic carbocycles. The number of nitro benzene ring substituents is 1. The molecule has 0 bridgehead atoms. The standard InChI is InChI=1S/C17H18N2O3/c1-13(20)18-16-9-5-14(6-10-16)3-2-4-15-7-11-17(12-8-15)19(21)22/h5-12H,2-4H2,1H3,(H,18,20). The fraction of sp³-hybridized carbons (Fsp3) is 0.235. The predicted octanol–water partition coefficient (Wildman–Crippen LogP) is 3.73. The number of benzene rings is 2. The molecule has 0 atom stereocenters. The zero-order chi connectivity index (χ0) is 15.9. The molecule has 0 spiro atoms. The van der Waals surface area contributed by atoms with Gasteiger partial charge in [0.15, 0.2) is 0 Å². The van der Waals surface area contributed by atoms with Crippen LogP contribution in [0.15, 0.2) is 48.5 Å². The normalized spacial score (nSPS) is 10.2. The number of rotatable bonds is 6. The molecular formula is C17H18N2O3. The van der Waals surface area contributed by atoms with Crippen molar-refractivity contribution in [2.75, 3.05) is 5.32 Å². The van der Waals surface area contributed by atoms with E-state index in [-0.39, 0.29) is 16.5 Å². The smallest absolute Gasteiger partial charge is 0.269 e. The first-order valence-corrected chi connectivity index (χ1v) is 7.14. The van der Waals surface area contributed by atoms with Gasteiger partial charge in [-0.05, 0) is 42.5 Å². The molecule has 5 nitrogen and oxygen atoms in total. The second-order valence-corrected chi connectivity index (χ2v) is 5.16. The van der Waals surface area contributed by atoms with Gasteiger partial charge in [-0.25, -0.2) is 0 Å². The number of aryl methyl sites for hydroxylation is 2. The maximum atomic E-state index is 10.9. The summed E-state index contributed by atoms with van der Waals surface area (Å²) in [5.74, 6) is -0.0779. The lowest BCUT2D eigenvalue weighted by molar-refractivity contribution is -0.384. The molecule has 1 N–H and O–H groups in total. The Morgan fingerprint density at radius 2 is 1.50 bits per heavy atom. The number of amides is 1. The summed E-state index contributed by atoms with van der Waals surface area (Å²) in [4.78, 5) is 21.1. The zero-order valence-electron chi connectivity index (χ0n) is 12.4. The van der Waals surface area contributed by atoms with Crippen molar-refractivity contribution in [2.24, 2.45) is 0 Å². The molecule has 0 aliphatic heterocycles. The van der Waals surface area contributed by atoms with E-state index >= 15 is 0 Å². The molecule has 0 heterocycles. The van der Waals surface area contributed by atoms with Gasteiger partial charge in [0.05, 0.1) is 4.92 Å². The van der Waals surface area contributed by atoms with Crippen molar-refractivity contribution < 1.29 is 9.72 Å². The molecule has 0 aliphatic rings. The van der Waals surface area contributed by atoms with Gasteiger partial charge in [0.25, 0.3) is 5.69 Å². The Morgan fingerprint density at radius 3 is 1.95 bits per heavy atom. The van der Waals surface area contributed by atoms with Crippen LogP contribution in [0.2, 0.25) is 0 Å². The largest absolute Gasteiger partial charge is 0.326 e. The van der Waals surface area contributed by atoms with E-state index in [2.05, 4.69) is 5.32 Å². The van der Waals surface area contributed by atoms with E-state index in [0.29, 0.717) is 0 Å². The molecule has 0 saturated heterocycles. The first-order chi connectivity index (χ1) is 10.5. The van der Waals surface area contributed by atoms with Crippen LogP contribution in [-0.2, 0) is 17.6 Å². The van der Waals surface area contributed by atoms with Crippen molar-refractivity contribution in [3.63, 3.8) is 0 Å². The highest BCUT2D eigenvalue weighted by Crippen LogP contribution is 2.15. The molecule has 114 valence electrons. The van der Waals surface area contributed by atoms with Crippen LogP contribution in [-0.4, -0.2) is 10.8 Å². The van der Waals surface area contributed by atoms with Gasteiger partial charge < -0.3 is 5.32 Å². The zero-order valence-corrected chi connectivity index (χ0v) is 12.4. The number of nitro groups is 1. The van der Waals surface area contributed by atoms with Crippen molar-refractivity contribution in [2.45, 2.75) is 26.2 Å². The molecule has 2 aromatic rings. The van der Waals surface area contributed by atoms with Gasteiger partial charge >= 0.3 is 0 Å². The Hall–Kier alpha value is -2.69. The lowest BCUT2D eigenvalue weighted by Gasteiger charge is -2.05. The molecule has 0 aromatic heterocycles. The monoisotopic (exact) mass is 298 g/mol. The quantitative estimate of drug-likeness (QED) is 0.652. The second-order valence-electron chi connectivity index (χ2n) is 5.16. The highest BCUT2D eigenvalue weighted by atomic mass is 16.6. The van der Waals surface area contributed by atoms with Gasteiger partial charge in [-0.2, -0.15) is 0 Å². The average Bonchev–Trinajstić information content (AvgIpc) is 2.49. The SMILES string of the molecule is CC(=O)Nc1ccc(CCCc2ccc([N+](=O)[O-])cc2)cc1. The Labute approximate surface area is 129 Å². The summed E-state index contributed by atoms with van der Waals surface area (Å²) < 4.78 is 0. The minimum Gasteiger partial charge on any atom is -0.326 e. The van der Waals surface area contributed by atoms with Crippen LogP contribution >= 0.6 is 0 Å². The molecule has 22 heavy (non-hydrogen) atoms. The third kappa shape index (κ3) is 4.70. The fourth-order valence-electron chi connectivity index (χ4n) is 2.24. The number of hydrogen-bond donors (Lipinski definition) is 1. The third-order valence-electron chi connectivity index (χ3n) is 3.35. The van der Waals surface area contributed by atoms with Crippen LogP contribution in [0.25, 0.3) is 0 Å². The highest BCUT2D eigenvalue weighted by molar-refractivity contribution is 5.88. The molecule has 0 saturated carbocycles. The number of carbonyl (C=O) groups is 1. The lowest BCUT2D eigenvalue weighted by atomic mass is 10.0.